The SMILES string of the molecule is O=[N+]([O-])c1cccc(-c2noc(-c3cc(F)ccc3F)c2CO)c1. The molecule has 8 heteroatoms. The van der Waals surface area contributed by atoms with E-state index in [0.29, 0.717) is 5.56 Å². The number of aromatic nitrogens is 1. The Bertz CT molecular complexity index is 924. The molecule has 0 bridgehead atoms. The van der Waals surface area contributed by atoms with Crippen molar-refractivity contribution in [1.82, 2.24) is 5.16 Å². The summed E-state index contributed by atoms with van der Waals surface area (Å²) < 4.78 is 32.4. The average molecular weight is 332 g/mol. The average Bonchev–Trinajstić information content (AvgIpc) is 3.00. The lowest BCUT2D eigenvalue weighted by molar-refractivity contribution is -0.384. The van der Waals surface area contributed by atoms with Gasteiger partial charge in [0.25, 0.3) is 5.69 Å². The zero-order chi connectivity index (χ0) is 17.3. The van der Waals surface area contributed by atoms with E-state index >= 15 is 0 Å². The van der Waals surface area contributed by atoms with E-state index < -0.39 is 23.2 Å². The Hall–Kier alpha value is -3.13. The summed E-state index contributed by atoms with van der Waals surface area (Å²) in [6.45, 7) is -0.563. The number of nitro benzene ring substituents is 1. The van der Waals surface area contributed by atoms with Gasteiger partial charge in [0.05, 0.1) is 22.7 Å². The summed E-state index contributed by atoms with van der Waals surface area (Å²) in [4.78, 5) is 10.3. The highest BCUT2D eigenvalue weighted by Crippen LogP contribution is 2.34. The van der Waals surface area contributed by atoms with Crippen molar-refractivity contribution in [2.24, 2.45) is 0 Å². The number of halogens is 2. The minimum absolute atomic E-state index is 0.111. The molecule has 0 amide bonds. The van der Waals surface area contributed by atoms with Crippen molar-refractivity contribution in [3.05, 3.63) is 69.8 Å². The number of hydrogen-bond donors (Lipinski definition) is 1. The second-order valence-corrected chi connectivity index (χ2v) is 4.93. The first-order valence-electron chi connectivity index (χ1n) is 6.81. The molecule has 0 atom stereocenters. The third kappa shape index (κ3) is 2.74. The van der Waals surface area contributed by atoms with E-state index in [1.165, 1.54) is 24.3 Å². The number of nitrogens with zero attached hydrogens (tertiary/aromatic N) is 2. The van der Waals surface area contributed by atoms with Crippen LogP contribution in [-0.2, 0) is 6.61 Å². The molecule has 3 aromatic rings. The predicted molar refractivity (Wildman–Crippen MR) is 79.9 cm³/mol. The van der Waals surface area contributed by atoms with Crippen LogP contribution < -0.4 is 0 Å². The number of hydrogen-bond acceptors (Lipinski definition) is 5. The Labute approximate surface area is 134 Å². The zero-order valence-electron chi connectivity index (χ0n) is 12.1. The van der Waals surface area contributed by atoms with Crippen LogP contribution >= 0.6 is 0 Å². The highest BCUT2D eigenvalue weighted by atomic mass is 19.1. The van der Waals surface area contributed by atoms with Gasteiger partial charge in [-0.2, -0.15) is 0 Å². The van der Waals surface area contributed by atoms with Gasteiger partial charge in [0.15, 0.2) is 5.76 Å². The van der Waals surface area contributed by atoms with Crippen LogP contribution in [0.15, 0.2) is 47.0 Å². The van der Waals surface area contributed by atoms with Crippen molar-refractivity contribution in [2.75, 3.05) is 0 Å². The molecule has 3 rings (SSSR count). The van der Waals surface area contributed by atoms with Crippen LogP contribution in [0.1, 0.15) is 5.56 Å². The van der Waals surface area contributed by atoms with Crippen LogP contribution in [-0.4, -0.2) is 15.2 Å². The van der Waals surface area contributed by atoms with Gasteiger partial charge in [-0.05, 0) is 18.2 Å². The molecular weight excluding hydrogens is 322 g/mol. The molecule has 0 radical (unpaired) electrons. The Morgan fingerprint density at radius 2 is 2.00 bits per heavy atom. The van der Waals surface area contributed by atoms with Gasteiger partial charge in [0.2, 0.25) is 0 Å². The van der Waals surface area contributed by atoms with Gasteiger partial charge in [-0.1, -0.05) is 17.3 Å². The fraction of sp³-hybridized carbons (Fsp3) is 0.0625. The molecule has 0 saturated heterocycles. The summed E-state index contributed by atoms with van der Waals surface area (Å²) >= 11 is 0. The Balaban J connectivity index is 2.16. The summed E-state index contributed by atoms with van der Waals surface area (Å²) in [5.74, 6) is -1.55. The number of nitro groups is 1. The standard InChI is InChI=1S/C16H10F2N2O4/c17-10-4-5-14(18)12(7-10)16-13(8-21)15(19-24-16)9-2-1-3-11(6-9)20(22)23/h1-7,21H,8H2. The lowest BCUT2D eigenvalue weighted by atomic mass is 10.0. The Morgan fingerprint density at radius 1 is 1.21 bits per heavy atom. The smallest absolute Gasteiger partial charge is 0.270 e. The predicted octanol–water partition coefficient (Wildman–Crippen LogP) is 3.69. The quantitative estimate of drug-likeness (QED) is 0.581. The van der Waals surface area contributed by atoms with E-state index in [-0.39, 0.29) is 28.3 Å². The van der Waals surface area contributed by atoms with Crippen LogP contribution in [0, 0.1) is 21.7 Å². The first-order valence-corrected chi connectivity index (χ1v) is 6.81. The van der Waals surface area contributed by atoms with Crippen LogP contribution in [0.25, 0.3) is 22.6 Å². The van der Waals surface area contributed by atoms with Gasteiger partial charge in [-0.3, -0.25) is 10.1 Å². The number of aliphatic hydroxyl groups is 1. The third-order valence-corrected chi connectivity index (χ3v) is 3.45. The molecular formula is C16H10F2N2O4. The largest absolute Gasteiger partial charge is 0.391 e. The van der Waals surface area contributed by atoms with Crippen molar-refractivity contribution in [3.8, 4) is 22.6 Å². The molecule has 122 valence electrons. The van der Waals surface area contributed by atoms with Gasteiger partial charge >= 0.3 is 0 Å². The Morgan fingerprint density at radius 3 is 2.71 bits per heavy atom. The number of rotatable bonds is 4. The normalized spacial score (nSPS) is 10.8. The van der Waals surface area contributed by atoms with Crippen molar-refractivity contribution in [1.29, 1.82) is 0 Å². The van der Waals surface area contributed by atoms with Crippen molar-refractivity contribution >= 4 is 5.69 Å². The minimum atomic E-state index is -0.743. The molecule has 0 unspecified atom stereocenters. The molecule has 0 aliphatic heterocycles. The first kappa shape index (κ1) is 15.8. The molecule has 1 N–H and O–H groups in total. The first-order chi connectivity index (χ1) is 11.5. The van der Waals surface area contributed by atoms with Crippen molar-refractivity contribution < 1.29 is 23.3 Å². The molecule has 1 heterocycles. The Kier molecular flexibility index (Phi) is 4.05. The fourth-order valence-corrected chi connectivity index (χ4v) is 2.33. The van der Waals surface area contributed by atoms with Crippen molar-refractivity contribution in [2.45, 2.75) is 6.61 Å². The second kappa shape index (κ2) is 6.17. The maximum atomic E-state index is 13.9. The van der Waals surface area contributed by atoms with Gasteiger partial charge in [0.1, 0.15) is 17.3 Å². The number of aliphatic hydroxyl groups excluding tert-OH is 1. The topological polar surface area (TPSA) is 89.4 Å². The van der Waals surface area contributed by atoms with Gasteiger partial charge < -0.3 is 9.63 Å². The molecule has 0 aliphatic rings. The maximum absolute atomic E-state index is 13.9. The molecule has 0 saturated carbocycles. The monoisotopic (exact) mass is 332 g/mol. The molecule has 0 aliphatic carbocycles. The van der Waals surface area contributed by atoms with E-state index in [1.54, 1.807) is 0 Å². The summed E-state index contributed by atoms with van der Waals surface area (Å²) in [5, 5.41) is 24.2. The number of benzene rings is 2. The van der Waals surface area contributed by atoms with Gasteiger partial charge in [0, 0.05) is 17.7 Å². The minimum Gasteiger partial charge on any atom is -0.391 e. The van der Waals surface area contributed by atoms with Gasteiger partial charge in [-0.25, -0.2) is 8.78 Å². The summed E-state index contributed by atoms with van der Waals surface area (Å²) in [6.07, 6.45) is 0. The third-order valence-electron chi connectivity index (χ3n) is 3.45. The highest BCUT2D eigenvalue weighted by Gasteiger charge is 2.22. The molecule has 1 aromatic heterocycles. The lowest BCUT2D eigenvalue weighted by Gasteiger charge is -2.03. The number of non-ortho nitro benzene ring substituents is 1. The molecule has 6 nitrogen and oxygen atoms in total. The summed E-state index contributed by atoms with van der Waals surface area (Å²) in [7, 11) is 0. The van der Waals surface area contributed by atoms with E-state index in [4.69, 9.17) is 4.52 Å². The molecule has 0 fully saturated rings. The van der Waals surface area contributed by atoms with Crippen LogP contribution in [0.2, 0.25) is 0 Å². The van der Waals surface area contributed by atoms with Crippen LogP contribution in [0.3, 0.4) is 0 Å². The maximum Gasteiger partial charge on any atom is 0.270 e. The van der Waals surface area contributed by atoms with Crippen LogP contribution in [0.5, 0.6) is 0 Å². The molecule has 24 heavy (non-hydrogen) atoms. The van der Waals surface area contributed by atoms with Crippen LogP contribution in [0.4, 0.5) is 14.5 Å². The molecule has 0 spiro atoms. The van der Waals surface area contributed by atoms with E-state index in [9.17, 15) is 24.0 Å². The van der Waals surface area contributed by atoms with E-state index in [2.05, 4.69) is 5.16 Å². The van der Waals surface area contributed by atoms with Crippen molar-refractivity contribution in [3.63, 3.8) is 0 Å². The van der Waals surface area contributed by atoms with Gasteiger partial charge in [-0.15, -0.1) is 0 Å². The highest BCUT2D eigenvalue weighted by molar-refractivity contribution is 5.73. The summed E-state index contributed by atoms with van der Waals surface area (Å²) in [6, 6.07) is 8.35. The van der Waals surface area contributed by atoms with E-state index in [0.717, 1.165) is 18.2 Å². The molecule has 2 aromatic carbocycles. The second-order valence-electron chi connectivity index (χ2n) is 4.93. The van der Waals surface area contributed by atoms with E-state index in [1.807, 2.05) is 0 Å². The summed E-state index contributed by atoms with van der Waals surface area (Å²) in [5.41, 5.74) is 0.195. The zero-order valence-corrected chi connectivity index (χ0v) is 12.1. The lowest BCUT2D eigenvalue weighted by Crippen LogP contribution is -1.93. The fourth-order valence-electron chi connectivity index (χ4n) is 2.33.